The molecule has 0 spiro atoms. The number of hydrogen-bond donors (Lipinski definition) is 1. The van der Waals surface area contributed by atoms with Crippen LogP contribution in [-0.2, 0) is 0 Å². The molecule has 22 heavy (non-hydrogen) atoms. The average molecular weight is 317 g/mol. The Bertz CT molecular complexity index is 698. The summed E-state index contributed by atoms with van der Waals surface area (Å²) < 4.78 is 0. The first-order valence-electron chi connectivity index (χ1n) is 7.28. The zero-order valence-electron chi connectivity index (χ0n) is 12.3. The minimum Gasteiger partial charge on any atom is -0.340 e. The van der Waals surface area contributed by atoms with E-state index in [-0.39, 0.29) is 5.91 Å². The van der Waals surface area contributed by atoms with Gasteiger partial charge in [0.1, 0.15) is 17.8 Å². The molecule has 1 fully saturated rings. The van der Waals surface area contributed by atoms with E-state index in [2.05, 4.69) is 15.3 Å². The highest BCUT2D eigenvalue weighted by molar-refractivity contribution is 6.30. The van der Waals surface area contributed by atoms with Crippen molar-refractivity contribution in [1.82, 2.24) is 14.9 Å². The molecule has 0 aliphatic carbocycles. The van der Waals surface area contributed by atoms with Gasteiger partial charge in [-0.05, 0) is 37.5 Å². The first-order valence-corrected chi connectivity index (χ1v) is 7.66. The lowest BCUT2D eigenvalue weighted by Gasteiger charge is -2.15. The van der Waals surface area contributed by atoms with Gasteiger partial charge in [0.2, 0.25) is 0 Å². The van der Waals surface area contributed by atoms with Crippen molar-refractivity contribution in [3.05, 3.63) is 46.9 Å². The van der Waals surface area contributed by atoms with E-state index < -0.39 is 0 Å². The van der Waals surface area contributed by atoms with Crippen molar-refractivity contribution < 1.29 is 4.79 Å². The Morgan fingerprint density at radius 1 is 1.23 bits per heavy atom. The Hall–Kier alpha value is -2.14. The second-order valence-electron chi connectivity index (χ2n) is 5.37. The largest absolute Gasteiger partial charge is 0.340 e. The van der Waals surface area contributed by atoms with Gasteiger partial charge in [-0.3, -0.25) is 4.79 Å². The number of amides is 1. The quantitative estimate of drug-likeness (QED) is 0.942. The third-order valence-electron chi connectivity index (χ3n) is 3.74. The molecule has 1 aromatic carbocycles. The van der Waals surface area contributed by atoms with Crippen molar-refractivity contribution in [1.29, 1.82) is 0 Å². The van der Waals surface area contributed by atoms with Crippen molar-refractivity contribution >= 4 is 29.0 Å². The fourth-order valence-electron chi connectivity index (χ4n) is 2.49. The summed E-state index contributed by atoms with van der Waals surface area (Å²) in [5, 5.41) is 3.84. The van der Waals surface area contributed by atoms with Crippen LogP contribution in [0.2, 0.25) is 5.02 Å². The van der Waals surface area contributed by atoms with Crippen LogP contribution < -0.4 is 5.32 Å². The molecule has 2 aromatic rings. The first kappa shape index (κ1) is 14.8. The molecule has 1 aliphatic rings. The van der Waals surface area contributed by atoms with Crippen LogP contribution in [0.4, 0.5) is 11.5 Å². The lowest BCUT2D eigenvalue weighted by atomic mass is 10.2. The molecule has 5 nitrogen and oxygen atoms in total. The predicted octanol–water partition coefficient (Wildman–Crippen LogP) is 3.42. The Balaban J connectivity index is 1.81. The molecule has 6 heteroatoms. The fourth-order valence-corrected chi connectivity index (χ4v) is 2.66. The number of anilines is 2. The van der Waals surface area contributed by atoms with Crippen molar-refractivity contribution in [3.8, 4) is 0 Å². The Labute approximate surface area is 134 Å². The third kappa shape index (κ3) is 3.20. The van der Waals surface area contributed by atoms with Crippen molar-refractivity contribution in [3.63, 3.8) is 0 Å². The maximum absolute atomic E-state index is 12.4. The lowest BCUT2D eigenvalue weighted by molar-refractivity contribution is 0.0787. The number of nitrogens with zero attached hydrogens (tertiary/aromatic N) is 3. The van der Waals surface area contributed by atoms with Gasteiger partial charge in [0, 0.05) is 29.9 Å². The minimum atomic E-state index is -0.0363. The lowest BCUT2D eigenvalue weighted by Crippen LogP contribution is -2.28. The van der Waals surface area contributed by atoms with Crippen molar-refractivity contribution in [2.75, 3.05) is 18.4 Å². The topological polar surface area (TPSA) is 58.1 Å². The van der Waals surface area contributed by atoms with E-state index in [0.29, 0.717) is 16.5 Å². The summed E-state index contributed by atoms with van der Waals surface area (Å²) in [5.41, 5.74) is 2.33. The maximum Gasteiger partial charge on any atom is 0.272 e. The molecule has 3 rings (SSSR count). The number of benzene rings is 1. The number of likely N-dealkylation sites (tertiary alicyclic amines) is 1. The summed E-state index contributed by atoms with van der Waals surface area (Å²) in [7, 11) is 0. The van der Waals surface area contributed by atoms with Gasteiger partial charge in [0.25, 0.3) is 5.91 Å². The van der Waals surface area contributed by atoms with Gasteiger partial charge >= 0.3 is 0 Å². The second-order valence-corrected chi connectivity index (χ2v) is 5.81. The SMILES string of the molecule is Cc1ccc(Cl)cc1Nc1cc(C(=O)N2CCCC2)ncn1. The van der Waals surface area contributed by atoms with Crippen LogP contribution in [0.25, 0.3) is 0 Å². The maximum atomic E-state index is 12.4. The summed E-state index contributed by atoms with van der Waals surface area (Å²) in [5.74, 6) is 0.550. The molecule has 1 saturated heterocycles. The fraction of sp³-hybridized carbons (Fsp3) is 0.312. The Kier molecular flexibility index (Phi) is 4.24. The number of hydrogen-bond acceptors (Lipinski definition) is 4. The van der Waals surface area contributed by atoms with Crippen molar-refractivity contribution in [2.45, 2.75) is 19.8 Å². The number of carbonyl (C=O) groups is 1. The van der Waals surface area contributed by atoms with Gasteiger partial charge in [-0.2, -0.15) is 0 Å². The van der Waals surface area contributed by atoms with Gasteiger partial charge in [-0.25, -0.2) is 9.97 Å². The predicted molar refractivity (Wildman–Crippen MR) is 86.6 cm³/mol. The molecule has 114 valence electrons. The zero-order chi connectivity index (χ0) is 15.5. The molecule has 0 atom stereocenters. The van der Waals surface area contributed by atoms with Crippen LogP contribution >= 0.6 is 11.6 Å². The van der Waals surface area contributed by atoms with Crippen LogP contribution in [0.3, 0.4) is 0 Å². The molecule has 1 aliphatic heterocycles. The molecular formula is C16H17ClN4O. The Morgan fingerprint density at radius 3 is 2.77 bits per heavy atom. The second kappa shape index (κ2) is 6.32. The Morgan fingerprint density at radius 2 is 2.00 bits per heavy atom. The van der Waals surface area contributed by atoms with Crippen molar-refractivity contribution in [2.24, 2.45) is 0 Å². The van der Waals surface area contributed by atoms with Crippen LogP contribution in [0.1, 0.15) is 28.9 Å². The monoisotopic (exact) mass is 316 g/mol. The average Bonchev–Trinajstić information content (AvgIpc) is 3.05. The number of aryl methyl sites for hydroxylation is 1. The zero-order valence-corrected chi connectivity index (χ0v) is 13.1. The number of halogens is 1. The van der Waals surface area contributed by atoms with Crippen LogP contribution in [0.5, 0.6) is 0 Å². The molecular weight excluding hydrogens is 300 g/mol. The van der Waals surface area contributed by atoms with E-state index in [4.69, 9.17) is 11.6 Å². The van der Waals surface area contributed by atoms with Gasteiger partial charge in [-0.1, -0.05) is 17.7 Å². The number of rotatable bonds is 3. The molecule has 0 bridgehead atoms. The smallest absolute Gasteiger partial charge is 0.272 e. The summed E-state index contributed by atoms with van der Waals surface area (Å²) in [6.45, 7) is 3.59. The molecule has 0 unspecified atom stereocenters. The minimum absolute atomic E-state index is 0.0363. The van der Waals surface area contributed by atoms with E-state index in [0.717, 1.165) is 37.2 Å². The summed E-state index contributed by atoms with van der Waals surface area (Å²) >= 11 is 6.02. The highest BCUT2D eigenvalue weighted by atomic mass is 35.5. The van der Waals surface area contributed by atoms with E-state index in [9.17, 15) is 4.79 Å². The summed E-state index contributed by atoms with van der Waals surface area (Å²) in [6.07, 6.45) is 3.53. The molecule has 0 saturated carbocycles. The van der Waals surface area contributed by atoms with E-state index >= 15 is 0 Å². The standard InChI is InChI=1S/C16H17ClN4O/c1-11-4-5-12(17)8-13(11)20-15-9-14(18-10-19-15)16(22)21-6-2-3-7-21/h4-5,8-10H,2-3,6-7H2,1H3,(H,18,19,20). The van der Waals surface area contributed by atoms with E-state index in [1.807, 2.05) is 30.0 Å². The number of carbonyl (C=O) groups excluding carboxylic acids is 1. The normalized spacial score (nSPS) is 14.2. The van der Waals surface area contributed by atoms with Gasteiger partial charge in [-0.15, -0.1) is 0 Å². The van der Waals surface area contributed by atoms with Crippen LogP contribution in [0, 0.1) is 6.92 Å². The molecule has 2 heterocycles. The summed E-state index contributed by atoms with van der Waals surface area (Å²) in [4.78, 5) is 22.5. The van der Waals surface area contributed by atoms with Gasteiger partial charge < -0.3 is 10.2 Å². The number of aromatic nitrogens is 2. The highest BCUT2D eigenvalue weighted by Crippen LogP contribution is 2.23. The van der Waals surface area contributed by atoms with E-state index in [1.54, 1.807) is 6.07 Å². The molecule has 1 amide bonds. The highest BCUT2D eigenvalue weighted by Gasteiger charge is 2.20. The molecule has 1 N–H and O–H groups in total. The van der Waals surface area contributed by atoms with Crippen LogP contribution in [0.15, 0.2) is 30.6 Å². The molecule has 0 radical (unpaired) electrons. The van der Waals surface area contributed by atoms with Gasteiger partial charge in [0.05, 0.1) is 0 Å². The first-order chi connectivity index (χ1) is 10.6. The van der Waals surface area contributed by atoms with Gasteiger partial charge in [0.15, 0.2) is 0 Å². The van der Waals surface area contributed by atoms with E-state index in [1.165, 1.54) is 6.33 Å². The van der Waals surface area contributed by atoms with Crippen LogP contribution in [-0.4, -0.2) is 33.9 Å². The summed E-state index contributed by atoms with van der Waals surface area (Å²) in [6, 6.07) is 7.29. The molecule has 1 aromatic heterocycles. The third-order valence-corrected chi connectivity index (χ3v) is 3.98. The number of nitrogens with one attached hydrogen (secondary N) is 1.